The standard InChI is InChI=1S/C24H24N4O3S2/c1-32-27-17-9-7-16(8-10-17)21-15-33-22(25-21)14-28-24(29)19-6-3-2-5-18(19)20(26-28)13-23-30-11-4-12-31-23/h2-3,5-10,15,23,27H,4,11-14H2,1H3. The third kappa shape index (κ3) is 4.96. The number of nitrogens with one attached hydrogen (secondary N) is 1. The maximum absolute atomic E-state index is 13.2. The molecule has 0 unspecified atom stereocenters. The molecule has 0 bridgehead atoms. The van der Waals surface area contributed by atoms with Gasteiger partial charge in [0.1, 0.15) is 5.01 Å². The van der Waals surface area contributed by atoms with Crippen molar-refractivity contribution < 1.29 is 9.47 Å². The van der Waals surface area contributed by atoms with Crippen LogP contribution >= 0.6 is 23.3 Å². The Bertz CT molecular complexity index is 1300. The lowest BCUT2D eigenvalue weighted by molar-refractivity contribution is -0.177. The molecule has 0 aliphatic carbocycles. The van der Waals surface area contributed by atoms with Gasteiger partial charge in [0.15, 0.2) is 6.29 Å². The Morgan fingerprint density at radius 3 is 2.64 bits per heavy atom. The average molecular weight is 481 g/mol. The van der Waals surface area contributed by atoms with Crippen LogP contribution in [0.15, 0.2) is 58.7 Å². The second-order valence-corrected chi connectivity index (χ2v) is 9.25. The van der Waals surface area contributed by atoms with Crippen molar-refractivity contribution in [2.75, 3.05) is 24.2 Å². The predicted molar refractivity (Wildman–Crippen MR) is 134 cm³/mol. The van der Waals surface area contributed by atoms with Crippen molar-refractivity contribution in [3.8, 4) is 11.3 Å². The molecular weight excluding hydrogens is 456 g/mol. The van der Waals surface area contributed by atoms with Gasteiger partial charge in [-0.25, -0.2) is 9.67 Å². The van der Waals surface area contributed by atoms with E-state index in [0.29, 0.717) is 31.6 Å². The molecule has 1 aliphatic rings. The second kappa shape index (κ2) is 10.0. The van der Waals surface area contributed by atoms with Gasteiger partial charge in [-0.1, -0.05) is 42.3 Å². The fourth-order valence-electron chi connectivity index (χ4n) is 3.85. The largest absolute Gasteiger partial charge is 0.352 e. The molecular formula is C24H24N4O3S2. The molecule has 4 aromatic rings. The van der Waals surface area contributed by atoms with Gasteiger partial charge in [-0.05, 0) is 24.6 Å². The maximum Gasteiger partial charge on any atom is 0.275 e. The van der Waals surface area contributed by atoms with Crippen LogP contribution in [0, 0.1) is 0 Å². The van der Waals surface area contributed by atoms with E-state index in [-0.39, 0.29) is 11.8 Å². The van der Waals surface area contributed by atoms with E-state index in [4.69, 9.17) is 19.6 Å². The third-order valence-corrected chi connectivity index (χ3v) is 6.71. The van der Waals surface area contributed by atoms with Gasteiger partial charge in [0.05, 0.1) is 36.5 Å². The molecule has 1 fully saturated rings. The first-order valence-electron chi connectivity index (χ1n) is 10.8. The van der Waals surface area contributed by atoms with Gasteiger partial charge in [-0.3, -0.25) is 4.79 Å². The van der Waals surface area contributed by atoms with Gasteiger partial charge >= 0.3 is 0 Å². The lowest BCUT2D eigenvalue weighted by Crippen LogP contribution is -2.30. The number of thiazole rings is 1. The maximum atomic E-state index is 13.2. The van der Waals surface area contributed by atoms with E-state index in [0.717, 1.165) is 39.5 Å². The van der Waals surface area contributed by atoms with Crippen molar-refractivity contribution in [2.24, 2.45) is 0 Å². The molecule has 33 heavy (non-hydrogen) atoms. The number of fused-ring (bicyclic) bond motifs is 1. The highest BCUT2D eigenvalue weighted by Gasteiger charge is 2.19. The molecule has 2 aromatic heterocycles. The van der Waals surface area contributed by atoms with E-state index in [1.54, 1.807) is 11.9 Å². The van der Waals surface area contributed by atoms with Crippen molar-refractivity contribution >= 4 is 39.7 Å². The Labute approximate surface area is 199 Å². The molecule has 2 aromatic carbocycles. The number of rotatable bonds is 7. The van der Waals surface area contributed by atoms with E-state index in [1.165, 1.54) is 16.0 Å². The van der Waals surface area contributed by atoms with E-state index in [1.807, 2.05) is 60.2 Å². The zero-order chi connectivity index (χ0) is 22.6. The fraction of sp³-hybridized carbons (Fsp3) is 0.292. The normalized spacial score (nSPS) is 14.6. The Kier molecular flexibility index (Phi) is 6.73. The molecule has 170 valence electrons. The molecule has 0 spiro atoms. The Morgan fingerprint density at radius 1 is 1.12 bits per heavy atom. The molecule has 0 atom stereocenters. The molecule has 7 nitrogen and oxygen atoms in total. The summed E-state index contributed by atoms with van der Waals surface area (Å²) in [5, 5.41) is 9.04. The molecule has 0 saturated carbocycles. The van der Waals surface area contributed by atoms with Crippen molar-refractivity contribution in [2.45, 2.75) is 25.7 Å². The first-order chi connectivity index (χ1) is 16.2. The van der Waals surface area contributed by atoms with Crippen LogP contribution in [-0.4, -0.2) is 40.5 Å². The van der Waals surface area contributed by atoms with E-state index < -0.39 is 0 Å². The summed E-state index contributed by atoms with van der Waals surface area (Å²) in [5.74, 6) is 0. The van der Waals surface area contributed by atoms with E-state index in [9.17, 15) is 4.79 Å². The van der Waals surface area contributed by atoms with Gasteiger partial charge in [-0.2, -0.15) is 5.10 Å². The summed E-state index contributed by atoms with van der Waals surface area (Å²) >= 11 is 3.09. The van der Waals surface area contributed by atoms with Gasteiger partial charge in [0, 0.05) is 34.7 Å². The van der Waals surface area contributed by atoms with Crippen molar-refractivity contribution in [1.82, 2.24) is 14.8 Å². The van der Waals surface area contributed by atoms with Crippen LogP contribution < -0.4 is 10.3 Å². The SMILES string of the molecule is CSNc1ccc(-c2csc(Cn3nc(CC4OCCCO4)c4ccccc4c3=O)n2)cc1. The zero-order valence-electron chi connectivity index (χ0n) is 18.2. The van der Waals surface area contributed by atoms with Gasteiger partial charge in [-0.15, -0.1) is 11.3 Å². The lowest BCUT2D eigenvalue weighted by atomic mass is 10.1. The number of ether oxygens (including phenoxy) is 2. The molecule has 0 amide bonds. The van der Waals surface area contributed by atoms with Crippen molar-refractivity contribution in [1.29, 1.82) is 0 Å². The highest BCUT2D eigenvalue weighted by Crippen LogP contribution is 2.25. The zero-order valence-corrected chi connectivity index (χ0v) is 19.8. The predicted octanol–water partition coefficient (Wildman–Crippen LogP) is 4.56. The fourth-order valence-corrected chi connectivity index (χ4v) is 5.00. The average Bonchev–Trinajstić information content (AvgIpc) is 3.32. The van der Waals surface area contributed by atoms with Crippen LogP contribution in [0.3, 0.4) is 0 Å². The number of hydrogen-bond acceptors (Lipinski definition) is 8. The number of anilines is 1. The number of benzene rings is 2. The van der Waals surface area contributed by atoms with Crippen LogP contribution in [0.5, 0.6) is 0 Å². The summed E-state index contributed by atoms with van der Waals surface area (Å²) in [6.07, 6.45) is 3.05. The summed E-state index contributed by atoms with van der Waals surface area (Å²) in [6, 6.07) is 15.7. The van der Waals surface area contributed by atoms with Crippen LogP contribution in [0.2, 0.25) is 0 Å². The number of hydrogen-bond donors (Lipinski definition) is 1. The van der Waals surface area contributed by atoms with Crippen LogP contribution in [0.1, 0.15) is 17.1 Å². The first-order valence-corrected chi connectivity index (χ1v) is 12.9. The highest BCUT2D eigenvalue weighted by atomic mass is 32.2. The molecule has 1 saturated heterocycles. The summed E-state index contributed by atoms with van der Waals surface area (Å²) in [6.45, 7) is 1.68. The molecule has 3 heterocycles. The summed E-state index contributed by atoms with van der Waals surface area (Å²) in [4.78, 5) is 17.9. The molecule has 1 N–H and O–H groups in total. The lowest BCUT2D eigenvalue weighted by Gasteiger charge is -2.23. The Morgan fingerprint density at radius 2 is 1.88 bits per heavy atom. The molecule has 9 heteroatoms. The Hall–Kier alpha value is -2.72. The van der Waals surface area contributed by atoms with E-state index in [2.05, 4.69) is 4.72 Å². The van der Waals surface area contributed by atoms with Crippen LogP contribution in [0.4, 0.5) is 5.69 Å². The van der Waals surface area contributed by atoms with Crippen molar-refractivity contribution in [3.63, 3.8) is 0 Å². The quantitative estimate of drug-likeness (QED) is 0.388. The highest BCUT2D eigenvalue weighted by molar-refractivity contribution is 7.99. The minimum absolute atomic E-state index is 0.121. The summed E-state index contributed by atoms with van der Waals surface area (Å²) in [5.41, 5.74) is 3.65. The van der Waals surface area contributed by atoms with Gasteiger partial charge in [0.25, 0.3) is 5.56 Å². The molecule has 5 rings (SSSR count). The van der Waals surface area contributed by atoms with Crippen LogP contribution in [0.25, 0.3) is 22.0 Å². The third-order valence-electron chi connectivity index (χ3n) is 5.44. The smallest absolute Gasteiger partial charge is 0.275 e. The first kappa shape index (κ1) is 22.1. The van der Waals surface area contributed by atoms with E-state index >= 15 is 0 Å². The van der Waals surface area contributed by atoms with Crippen molar-refractivity contribution in [3.05, 3.63) is 75.0 Å². The van der Waals surface area contributed by atoms with Gasteiger partial charge in [0.2, 0.25) is 0 Å². The summed E-state index contributed by atoms with van der Waals surface area (Å²) in [7, 11) is 0. The minimum Gasteiger partial charge on any atom is -0.352 e. The number of nitrogens with zero attached hydrogens (tertiary/aromatic N) is 3. The molecule has 1 aliphatic heterocycles. The van der Waals surface area contributed by atoms with Gasteiger partial charge < -0.3 is 14.2 Å². The summed E-state index contributed by atoms with van der Waals surface area (Å²) < 4.78 is 16.2. The topological polar surface area (TPSA) is 78.3 Å². The van der Waals surface area contributed by atoms with Crippen LogP contribution in [-0.2, 0) is 22.4 Å². The second-order valence-electron chi connectivity index (χ2n) is 7.69. The minimum atomic E-state index is -0.337. The number of aromatic nitrogens is 3. The Balaban J connectivity index is 1.43. The molecule has 0 radical (unpaired) electrons. The monoisotopic (exact) mass is 480 g/mol.